The van der Waals surface area contributed by atoms with Gasteiger partial charge in [0.15, 0.2) is 11.6 Å². The first-order valence-corrected chi connectivity index (χ1v) is 8.31. The van der Waals surface area contributed by atoms with E-state index in [0.29, 0.717) is 23.3 Å². The number of pyridine rings is 1. The quantitative estimate of drug-likeness (QED) is 0.732. The Morgan fingerprint density at radius 1 is 1.08 bits per heavy atom. The van der Waals surface area contributed by atoms with Crippen molar-refractivity contribution in [1.29, 1.82) is 0 Å². The number of nitrogens with zero attached hydrogens (tertiary/aromatic N) is 3. The first-order chi connectivity index (χ1) is 12.1. The number of benzene rings is 1. The van der Waals surface area contributed by atoms with Gasteiger partial charge in [0.25, 0.3) is 0 Å². The lowest BCUT2D eigenvalue weighted by Gasteiger charge is -2.14. The third kappa shape index (κ3) is 3.12. The molecule has 1 aliphatic heterocycles. The fraction of sp³-hybridized carbons (Fsp3) is 0.263. The molecule has 0 radical (unpaired) electrons. The van der Waals surface area contributed by atoms with Crippen molar-refractivity contribution in [3.05, 3.63) is 59.9 Å². The summed E-state index contributed by atoms with van der Waals surface area (Å²) in [6.45, 7) is 1.68. The molecule has 2 aromatic heterocycles. The summed E-state index contributed by atoms with van der Waals surface area (Å²) >= 11 is 0. The zero-order chi connectivity index (χ0) is 17.4. The Balaban J connectivity index is 1.60. The van der Waals surface area contributed by atoms with Gasteiger partial charge in [-0.15, -0.1) is 0 Å². The second-order valence-electron chi connectivity index (χ2n) is 6.32. The van der Waals surface area contributed by atoms with E-state index in [4.69, 9.17) is 0 Å². The third-order valence-corrected chi connectivity index (χ3v) is 4.55. The molecule has 1 amide bonds. The number of amides is 1. The average molecular weight is 341 g/mol. The van der Waals surface area contributed by atoms with Gasteiger partial charge in [-0.25, -0.2) is 13.8 Å². The molecule has 0 aliphatic carbocycles. The fourth-order valence-corrected chi connectivity index (χ4v) is 3.18. The SMILES string of the molecule is O=C(Cc1ccn2cc(-c3ccc(F)c(F)c3)nc2c1)N1CCCC1. The summed E-state index contributed by atoms with van der Waals surface area (Å²) in [6.07, 6.45) is 6.08. The van der Waals surface area contributed by atoms with E-state index < -0.39 is 11.6 Å². The van der Waals surface area contributed by atoms with Crippen molar-refractivity contribution >= 4 is 11.6 Å². The Bertz CT molecular complexity index is 945. The van der Waals surface area contributed by atoms with Crippen LogP contribution < -0.4 is 0 Å². The van der Waals surface area contributed by atoms with Crippen molar-refractivity contribution in [3.8, 4) is 11.3 Å². The summed E-state index contributed by atoms with van der Waals surface area (Å²) in [7, 11) is 0. The van der Waals surface area contributed by atoms with Gasteiger partial charge < -0.3 is 9.30 Å². The van der Waals surface area contributed by atoms with Crippen molar-refractivity contribution in [2.24, 2.45) is 0 Å². The topological polar surface area (TPSA) is 37.6 Å². The number of aromatic nitrogens is 2. The van der Waals surface area contributed by atoms with Gasteiger partial charge in [-0.05, 0) is 48.7 Å². The number of hydrogen-bond donors (Lipinski definition) is 0. The van der Waals surface area contributed by atoms with Crippen LogP contribution in [0.5, 0.6) is 0 Å². The molecule has 1 fully saturated rings. The highest BCUT2D eigenvalue weighted by Gasteiger charge is 2.18. The average Bonchev–Trinajstić information content (AvgIpc) is 3.26. The summed E-state index contributed by atoms with van der Waals surface area (Å²) in [5.41, 5.74) is 2.64. The minimum absolute atomic E-state index is 0.134. The third-order valence-electron chi connectivity index (χ3n) is 4.55. The van der Waals surface area contributed by atoms with E-state index in [-0.39, 0.29) is 5.91 Å². The zero-order valence-electron chi connectivity index (χ0n) is 13.6. The van der Waals surface area contributed by atoms with Crippen LogP contribution in [0.25, 0.3) is 16.9 Å². The van der Waals surface area contributed by atoms with Gasteiger partial charge in [-0.3, -0.25) is 4.79 Å². The first-order valence-electron chi connectivity index (χ1n) is 8.31. The van der Waals surface area contributed by atoms with E-state index >= 15 is 0 Å². The van der Waals surface area contributed by atoms with Gasteiger partial charge in [-0.2, -0.15) is 0 Å². The molecule has 6 heteroatoms. The number of likely N-dealkylation sites (tertiary alicyclic amines) is 1. The zero-order valence-corrected chi connectivity index (χ0v) is 13.6. The number of rotatable bonds is 3. The summed E-state index contributed by atoms with van der Waals surface area (Å²) in [4.78, 5) is 18.6. The van der Waals surface area contributed by atoms with Gasteiger partial charge in [-0.1, -0.05) is 0 Å². The largest absolute Gasteiger partial charge is 0.342 e. The highest BCUT2D eigenvalue weighted by Crippen LogP contribution is 2.22. The summed E-state index contributed by atoms with van der Waals surface area (Å²) in [6, 6.07) is 7.47. The Kier molecular flexibility index (Phi) is 3.95. The second kappa shape index (κ2) is 6.27. The van der Waals surface area contributed by atoms with E-state index in [1.165, 1.54) is 6.07 Å². The van der Waals surface area contributed by atoms with Crippen molar-refractivity contribution < 1.29 is 13.6 Å². The van der Waals surface area contributed by atoms with Crippen molar-refractivity contribution in [2.45, 2.75) is 19.3 Å². The number of carbonyl (C=O) groups is 1. The van der Waals surface area contributed by atoms with E-state index in [2.05, 4.69) is 4.98 Å². The minimum atomic E-state index is -0.897. The maximum Gasteiger partial charge on any atom is 0.226 e. The van der Waals surface area contributed by atoms with Crippen LogP contribution in [-0.2, 0) is 11.2 Å². The van der Waals surface area contributed by atoms with Crippen LogP contribution in [0, 0.1) is 11.6 Å². The molecule has 0 spiro atoms. The fourth-order valence-electron chi connectivity index (χ4n) is 3.18. The van der Waals surface area contributed by atoms with E-state index in [9.17, 15) is 13.6 Å². The summed E-state index contributed by atoms with van der Waals surface area (Å²) in [5.74, 6) is -1.64. The normalized spacial score (nSPS) is 14.4. The van der Waals surface area contributed by atoms with Crippen LogP contribution in [0.15, 0.2) is 42.7 Å². The van der Waals surface area contributed by atoms with Gasteiger partial charge in [0.05, 0.1) is 12.1 Å². The number of hydrogen-bond acceptors (Lipinski definition) is 2. The molecule has 1 aliphatic rings. The lowest BCUT2D eigenvalue weighted by molar-refractivity contribution is -0.129. The molecular formula is C19H17F2N3O. The predicted octanol–water partition coefficient (Wildman–Crippen LogP) is 3.44. The van der Waals surface area contributed by atoms with Gasteiger partial charge >= 0.3 is 0 Å². The molecule has 0 atom stereocenters. The molecular weight excluding hydrogens is 324 g/mol. The Morgan fingerprint density at radius 3 is 2.64 bits per heavy atom. The molecule has 128 valence electrons. The van der Waals surface area contributed by atoms with Crippen LogP contribution in [0.4, 0.5) is 8.78 Å². The van der Waals surface area contributed by atoms with Crippen LogP contribution in [0.1, 0.15) is 18.4 Å². The highest BCUT2D eigenvalue weighted by atomic mass is 19.2. The molecule has 4 rings (SSSR count). The minimum Gasteiger partial charge on any atom is -0.342 e. The Morgan fingerprint density at radius 2 is 1.88 bits per heavy atom. The first kappa shape index (κ1) is 15.7. The van der Waals surface area contributed by atoms with Crippen LogP contribution >= 0.6 is 0 Å². The highest BCUT2D eigenvalue weighted by molar-refractivity contribution is 5.79. The Labute approximate surface area is 143 Å². The van der Waals surface area contributed by atoms with Crippen molar-refractivity contribution in [3.63, 3.8) is 0 Å². The van der Waals surface area contributed by atoms with Crippen LogP contribution in [0.2, 0.25) is 0 Å². The Hall–Kier alpha value is -2.76. The maximum atomic E-state index is 13.4. The van der Waals surface area contributed by atoms with E-state index in [1.807, 2.05) is 23.2 Å². The molecule has 0 N–H and O–H groups in total. The lowest BCUT2D eigenvalue weighted by Crippen LogP contribution is -2.29. The summed E-state index contributed by atoms with van der Waals surface area (Å²) < 4.78 is 28.3. The molecule has 3 aromatic rings. The standard InChI is InChI=1S/C19H17F2N3O/c20-15-4-3-14(11-16(15)21)17-12-24-8-5-13(9-18(24)22-17)10-19(25)23-6-1-2-7-23/h3-5,8-9,11-12H,1-2,6-7,10H2. The smallest absolute Gasteiger partial charge is 0.226 e. The molecule has 1 aromatic carbocycles. The van der Waals surface area contributed by atoms with E-state index in [1.54, 1.807) is 10.6 Å². The monoisotopic (exact) mass is 341 g/mol. The molecule has 1 saturated heterocycles. The lowest BCUT2D eigenvalue weighted by atomic mass is 10.1. The second-order valence-corrected chi connectivity index (χ2v) is 6.32. The number of carbonyl (C=O) groups excluding carboxylic acids is 1. The molecule has 0 bridgehead atoms. The van der Waals surface area contributed by atoms with Gasteiger partial charge in [0.1, 0.15) is 5.65 Å². The molecule has 4 nitrogen and oxygen atoms in total. The number of fused-ring (bicyclic) bond motifs is 1. The maximum absolute atomic E-state index is 13.4. The number of halogens is 2. The van der Waals surface area contributed by atoms with Gasteiger partial charge in [0, 0.05) is 31.0 Å². The molecule has 0 saturated carbocycles. The molecule has 3 heterocycles. The number of imidazole rings is 1. The molecule has 0 unspecified atom stereocenters. The van der Waals surface area contributed by atoms with Crippen molar-refractivity contribution in [2.75, 3.05) is 13.1 Å². The predicted molar refractivity (Wildman–Crippen MR) is 90.1 cm³/mol. The molecule has 25 heavy (non-hydrogen) atoms. The van der Waals surface area contributed by atoms with E-state index in [0.717, 1.165) is 43.6 Å². The van der Waals surface area contributed by atoms with Crippen LogP contribution in [0.3, 0.4) is 0 Å². The van der Waals surface area contributed by atoms with Crippen LogP contribution in [-0.4, -0.2) is 33.3 Å². The van der Waals surface area contributed by atoms with Crippen molar-refractivity contribution in [1.82, 2.24) is 14.3 Å². The van der Waals surface area contributed by atoms with Gasteiger partial charge in [0.2, 0.25) is 5.91 Å². The summed E-state index contributed by atoms with van der Waals surface area (Å²) in [5, 5.41) is 0.